The van der Waals surface area contributed by atoms with Crippen LogP contribution in [0.1, 0.15) is 17.2 Å². The average Bonchev–Trinajstić information content (AvgIpc) is 2.80. The number of anilines is 1. The number of nitrogens with two attached hydrogens (primary N) is 1. The van der Waals surface area contributed by atoms with Crippen molar-refractivity contribution >= 4 is 13.6 Å². The van der Waals surface area contributed by atoms with E-state index in [4.69, 9.17) is 16.7 Å². The molecular weight excluding hydrogens is 326 g/mol. The SMILES string of the molecule is [2H]OC1([2H])[C@]([2H])([15n]2c([2H])c([2H])c([15N]([2H])[2H])[15n]c2=O)O[C@]([2H])(C([2H])([2H])OP(=O)([O-])[O-])[C@@]1([2H])O[2H].[Li+].[Li+]. The van der Waals surface area contributed by atoms with Crippen LogP contribution in [0.5, 0.6) is 0 Å². The van der Waals surface area contributed by atoms with Crippen LogP contribution in [-0.4, -0.2) is 47.4 Å². The fourth-order valence-electron chi connectivity index (χ4n) is 1.16. The Balaban J connectivity index is 0.00000578. The molecule has 0 aromatic carbocycles. The molecule has 11 nitrogen and oxygen atoms in total. The maximum absolute atomic E-state index is 12.5. The van der Waals surface area contributed by atoms with E-state index in [9.17, 15) is 19.1 Å². The summed E-state index contributed by atoms with van der Waals surface area (Å²) in [6.45, 7) is -4.34. The summed E-state index contributed by atoms with van der Waals surface area (Å²) >= 11 is 0. The summed E-state index contributed by atoms with van der Waals surface area (Å²) in [6.07, 6.45) is -17.9. The van der Waals surface area contributed by atoms with Gasteiger partial charge in [0.1, 0.15) is 24.1 Å². The Kier molecular flexibility index (Phi) is 3.65. The predicted octanol–water partition coefficient (Wildman–Crippen LogP) is -9.70. The second-order valence-corrected chi connectivity index (χ2v) is 4.40. The van der Waals surface area contributed by atoms with Gasteiger partial charge in [-0.3, -0.25) is 4.57 Å². The number of phosphoric acid groups is 1. The van der Waals surface area contributed by atoms with Crippen molar-refractivity contribution in [1.82, 2.24) is 9.55 Å². The van der Waals surface area contributed by atoms with Gasteiger partial charge in [0.2, 0.25) is 2.86 Å². The molecule has 0 aliphatic carbocycles. The fraction of sp³-hybridized carbons (Fsp3) is 0.556. The molecule has 4 atom stereocenters. The van der Waals surface area contributed by atoms with Crippen LogP contribution in [0.15, 0.2) is 17.0 Å². The van der Waals surface area contributed by atoms with Gasteiger partial charge in [-0.05, 0) is 6.04 Å². The predicted molar refractivity (Wildman–Crippen MR) is 62.4 cm³/mol. The Morgan fingerprint density at radius 2 is 2.35 bits per heavy atom. The number of ether oxygens (including phenoxy) is 1. The van der Waals surface area contributed by atoms with Crippen molar-refractivity contribution < 1.29 is 85.3 Å². The Morgan fingerprint density at radius 1 is 1.65 bits per heavy atom. The summed E-state index contributed by atoms with van der Waals surface area (Å²) < 4.78 is 111. The summed E-state index contributed by atoms with van der Waals surface area (Å²) in [4.78, 5) is 37.4. The molecule has 0 spiro atoms. The van der Waals surface area contributed by atoms with E-state index in [0.29, 0.717) is 0 Å². The van der Waals surface area contributed by atoms with Crippen molar-refractivity contribution in [3.05, 3.63) is 22.7 Å². The average molecular weight is 350 g/mol. The third-order valence-electron chi connectivity index (χ3n) is 1.93. The Bertz CT molecular complexity index is 1070. The van der Waals surface area contributed by atoms with Crippen LogP contribution in [0.4, 0.5) is 5.82 Å². The van der Waals surface area contributed by atoms with Crippen molar-refractivity contribution in [2.24, 2.45) is 0 Å². The molecule has 1 aromatic rings. The van der Waals surface area contributed by atoms with E-state index in [2.05, 4.69) is 24.5 Å². The van der Waals surface area contributed by atoms with Crippen LogP contribution in [0, 0.1) is 0 Å². The molecule has 1 aliphatic heterocycles. The minimum Gasteiger partial charge on any atom is -0.790 e. The first-order valence-corrected chi connectivity index (χ1v) is 6.26. The number of aliphatic hydroxyl groups is 2. The van der Waals surface area contributed by atoms with Crippen molar-refractivity contribution in [2.75, 3.05) is 12.3 Å². The molecule has 23 heavy (non-hydrogen) atoms. The molecule has 2 heterocycles. The van der Waals surface area contributed by atoms with Crippen molar-refractivity contribution in [3.8, 4) is 0 Å². The summed E-state index contributed by atoms with van der Waals surface area (Å²) in [5.74, 6) is -1.08. The summed E-state index contributed by atoms with van der Waals surface area (Å²) in [5.41, 5.74) is -2.26. The molecule has 1 aliphatic rings. The fourth-order valence-corrected chi connectivity index (χ4v) is 1.36. The maximum atomic E-state index is 12.5. The van der Waals surface area contributed by atoms with Crippen molar-refractivity contribution in [2.45, 2.75) is 24.4 Å². The topological polar surface area (TPSA) is 183 Å². The largest absolute Gasteiger partial charge is 1.00 e. The molecule has 0 bridgehead atoms. The molecule has 1 aromatic heterocycles. The quantitative estimate of drug-likeness (QED) is 0.242. The van der Waals surface area contributed by atoms with Gasteiger partial charge in [0.25, 0.3) is 0 Å². The summed E-state index contributed by atoms with van der Waals surface area (Å²) in [5, 5.41) is 7.75. The van der Waals surface area contributed by atoms with Gasteiger partial charge in [-0.15, -0.1) is 0 Å². The number of rotatable bonds is 7. The number of phosphoric ester groups is 1. The second kappa shape index (κ2) is 8.81. The van der Waals surface area contributed by atoms with Gasteiger partial charge in [0.05, 0.1) is 25.3 Å². The number of aromatic nitrogens is 2. The minimum absolute atomic E-state index is 0. The van der Waals surface area contributed by atoms with Crippen LogP contribution in [0.2, 0.25) is 2.82 Å². The standard InChI is InChI=1S/C9H14N3O8P.2Li/c10-5-1-2-12(9(15)11-5)8-7(14)6(13)4(20-8)3-19-21(16,17)18;;/h1-2,4,6-8,13-14H,3H2,(H2,10,11,15)(H2,16,17,18);;/q;2*+1/p-2/t4-,6-,7?,8-;;/m1../s1/i1D,2D,3D2,4D,6D,7D,8D,10+1,11+1,12+1,13D,14D;;/hD2. The van der Waals surface area contributed by atoms with Gasteiger partial charge < -0.3 is 39.5 Å². The Hall–Kier alpha value is -0.135. The Labute approximate surface area is 171 Å². The molecule has 1 saturated heterocycles. The molecule has 0 amide bonds. The van der Waals surface area contributed by atoms with E-state index < -0.39 is 67.1 Å². The molecule has 4 N–H and O–H groups in total. The van der Waals surface area contributed by atoms with E-state index in [-0.39, 0.29) is 43.4 Å². The molecular formula is C9H12Li2N3O8P. The zero-order chi connectivity index (χ0) is 26.0. The number of nitrogens with zero attached hydrogens (tertiary/aromatic N) is 2. The monoisotopic (exact) mass is 350 g/mol. The van der Waals surface area contributed by atoms with E-state index in [1.165, 1.54) is 0 Å². The first-order valence-electron chi connectivity index (χ1n) is 10.5. The number of nitrogen functional groups attached to an aromatic ring is 1. The smallest absolute Gasteiger partial charge is 0.790 e. The summed E-state index contributed by atoms with van der Waals surface area (Å²) in [6, 6.07) is -1.24. The first kappa shape index (κ1) is 9.53. The molecule has 14 heteroatoms. The number of hydrogen-bond donors (Lipinski definition) is 3. The van der Waals surface area contributed by atoms with Crippen LogP contribution in [0.25, 0.3) is 0 Å². The molecule has 2 rings (SSSR count). The van der Waals surface area contributed by atoms with E-state index in [0.717, 1.165) is 0 Å². The third-order valence-corrected chi connectivity index (χ3v) is 2.25. The van der Waals surface area contributed by atoms with Crippen molar-refractivity contribution in [1.29, 1.82) is 2.86 Å². The maximum Gasteiger partial charge on any atom is 1.00 e. The number of hydrogen-bond acceptors (Lipinski definition) is 10. The van der Waals surface area contributed by atoms with E-state index in [1.54, 1.807) is 0 Å². The van der Waals surface area contributed by atoms with Crippen LogP contribution in [0.3, 0.4) is 0 Å². The van der Waals surface area contributed by atoms with Crippen LogP contribution in [-0.2, 0) is 13.8 Å². The van der Waals surface area contributed by atoms with Gasteiger partial charge in [-0.2, -0.15) is 4.98 Å². The molecule has 1 fully saturated rings. The first-order chi connectivity index (χ1) is 14.7. The molecule has 0 radical (unpaired) electrons. The molecule has 118 valence electrons. The van der Waals surface area contributed by atoms with Gasteiger partial charge in [-0.1, -0.05) is 0 Å². The van der Waals surface area contributed by atoms with Crippen LogP contribution < -0.4 is 58.9 Å². The zero-order valence-electron chi connectivity index (χ0n) is 23.6. The van der Waals surface area contributed by atoms with Gasteiger partial charge in [-0.25, -0.2) is 4.79 Å². The minimum atomic E-state index is -6.34. The van der Waals surface area contributed by atoms with Crippen LogP contribution >= 0.6 is 7.82 Å². The van der Waals surface area contributed by atoms with E-state index >= 15 is 0 Å². The van der Waals surface area contributed by atoms with Gasteiger partial charge in [0, 0.05) is 6.17 Å². The second-order valence-electron chi connectivity index (χ2n) is 3.33. The molecule has 0 saturated carbocycles. The zero-order valence-corrected chi connectivity index (χ0v) is 12.4. The van der Waals surface area contributed by atoms with E-state index in [1.807, 2.05) is 0 Å². The van der Waals surface area contributed by atoms with Gasteiger partial charge in [0.15, 0.2) is 9.03 Å². The normalized spacial score (nSPS) is 47.7. The Morgan fingerprint density at radius 3 is 2.91 bits per heavy atom. The van der Waals surface area contributed by atoms with Crippen molar-refractivity contribution in [3.63, 3.8) is 0 Å². The van der Waals surface area contributed by atoms with Gasteiger partial charge >= 0.3 is 43.4 Å². The third kappa shape index (κ3) is 5.71. The summed E-state index contributed by atoms with van der Waals surface area (Å²) in [7, 11) is -6.34. The molecule has 1 unspecified atom stereocenters.